The Balaban J connectivity index is 2.10. The summed E-state index contributed by atoms with van der Waals surface area (Å²) >= 11 is 0. The molecule has 19 heavy (non-hydrogen) atoms. The van der Waals surface area contributed by atoms with Gasteiger partial charge in [-0.15, -0.1) is 0 Å². The highest BCUT2D eigenvalue weighted by atomic mass is 32.2. The largest absolute Gasteiger partial charge is 0.477 e. The fourth-order valence-electron chi connectivity index (χ4n) is 2.05. The fourth-order valence-corrected chi connectivity index (χ4v) is 3.82. The average molecular weight is 285 g/mol. The molecule has 2 N–H and O–H groups in total. The van der Waals surface area contributed by atoms with Gasteiger partial charge in [-0.05, 0) is 25.8 Å². The van der Waals surface area contributed by atoms with Crippen molar-refractivity contribution in [2.75, 3.05) is 17.6 Å². The highest BCUT2D eigenvalue weighted by Crippen LogP contribution is 2.20. The van der Waals surface area contributed by atoms with Gasteiger partial charge >= 0.3 is 5.97 Å². The number of hydrogen-bond donors (Lipinski definition) is 2. The summed E-state index contributed by atoms with van der Waals surface area (Å²) in [4.78, 5) is 18.7. The van der Waals surface area contributed by atoms with Crippen LogP contribution in [0.25, 0.3) is 0 Å². The van der Waals surface area contributed by atoms with Gasteiger partial charge in [-0.1, -0.05) is 0 Å². The fraction of sp³-hybridized carbons (Fsp3) is 0.545. The van der Waals surface area contributed by atoms with E-state index < -0.39 is 21.1 Å². The second-order valence-electron chi connectivity index (χ2n) is 4.54. The third kappa shape index (κ3) is 3.19. The Morgan fingerprint density at radius 2 is 2.26 bits per heavy atom. The van der Waals surface area contributed by atoms with Gasteiger partial charge in [0.2, 0.25) is 5.95 Å². The van der Waals surface area contributed by atoms with Crippen molar-refractivity contribution in [1.29, 1.82) is 0 Å². The Bertz CT molecular complexity index is 600. The first-order valence-electron chi connectivity index (χ1n) is 5.93. The van der Waals surface area contributed by atoms with E-state index in [4.69, 9.17) is 5.11 Å². The minimum absolute atomic E-state index is 0.107. The van der Waals surface area contributed by atoms with Gasteiger partial charge in [0.05, 0.1) is 11.0 Å². The Labute approximate surface area is 111 Å². The maximum absolute atomic E-state index is 11.7. The molecule has 1 unspecified atom stereocenters. The van der Waals surface area contributed by atoms with Crippen molar-refractivity contribution in [1.82, 2.24) is 9.97 Å². The smallest absolute Gasteiger partial charge is 0.354 e. The third-order valence-corrected chi connectivity index (χ3v) is 5.30. The average Bonchev–Trinajstić information content (AvgIpc) is 2.65. The lowest BCUT2D eigenvalue weighted by Gasteiger charge is -2.11. The van der Waals surface area contributed by atoms with Crippen LogP contribution in [0.4, 0.5) is 5.95 Å². The predicted molar refractivity (Wildman–Crippen MR) is 69.0 cm³/mol. The summed E-state index contributed by atoms with van der Waals surface area (Å²) < 4.78 is 23.3. The molecule has 8 heteroatoms. The maximum atomic E-state index is 11.7. The van der Waals surface area contributed by atoms with E-state index in [1.54, 1.807) is 6.92 Å². The van der Waals surface area contributed by atoms with Crippen molar-refractivity contribution in [3.05, 3.63) is 17.5 Å². The van der Waals surface area contributed by atoms with E-state index >= 15 is 0 Å². The normalized spacial score (nSPS) is 21.2. The van der Waals surface area contributed by atoms with E-state index in [0.717, 1.165) is 0 Å². The number of anilines is 1. The van der Waals surface area contributed by atoms with Gasteiger partial charge in [0, 0.05) is 12.2 Å². The number of carbonyl (C=O) groups is 1. The maximum Gasteiger partial charge on any atom is 0.354 e. The van der Waals surface area contributed by atoms with Gasteiger partial charge in [0.15, 0.2) is 15.5 Å². The summed E-state index contributed by atoms with van der Waals surface area (Å²) in [6.07, 6.45) is 1.29. The first kappa shape index (κ1) is 13.7. The van der Waals surface area contributed by atoms with Crippen molar-refractivity contribution in [2.24, 2.45) is 0 Å². The minimum Gasteiger partial charge on any atom is -0.477 e. The van der Waals surface area contributed by atoms with E-state index in [2.05, 4.69) is 15.3 Å². The molecule has 2 rings (SSSR count). The summed E-state index contributed by atoms with van der Waals surface area (Å²) in [5, 5.41) is 11.3. The number of hydrogen-bond acceptors (Lipinski definition) is 6. The highest BCUT2D eigenvalue weighted by Gasteiger charge is 2.31. The number of nitrogens with one attached hydrogen (secondary N) is 1. The molecule has 0 spiro atoms. The molecule has 1 saturated heterocycles. The quantitative estimate of drug-likeness (QED) is 0.827. The number of carboxylic acids is 1. The Morgan fingerprint density at radius 1 is 1.53 bits per heavy atom. The number of aromatic carboxylic acids is 1. The topological polar surface area (TPSA) is 109 Å². The summed E-state index contributed by atoms with van der Waals surface area (Å²) in [5.74, 6) is -0.768. The summed E-state index contributed by atoms with van der Waals surface area (Å²) in [6.45, 7) is 1.87. The molecule has 0 radical (unpaired) electrons. The van der Waals surface area contributed by atoms with Crippen LogP contribution in [0, 0.1) is 6.92 Å². The zero-order valence-corrected chi connectivity index (χ0v) is 11.3. The summed E-state index contributed by atoms with van der Waals surface area (Å²) in [6, 6.07) is 1.36. The van der Waals surface area contributed by atoms with Crippen LogP contribution in [0.5, 0.6) is 0 Å². The lowest BCUT2D eigenvalue weighted by molar-refractivity contribution is 0.0690. The van der Waals surface area contributed by atoms with Crippen molar-refractivity contribution in [3.8, 4) is 0 Å². The molecule has 1 atom stereocenters. The van der Waals surface area contributed by atoms with Gasteiger partial charge in [-0.2, -0.15) is 0 Å². The van der Waals surface area contributed by atoms with E-state index in [-0.39, 0.29) is 23.9 Å². The second-order valence-corrected chi connectivity index (χ2v) is 6.94. The Hall–Kier alpha value is -1.70. The number of sulfone groups is 1. The molecule has 1 aromatic heterocycles. The molecular formula is C11H15N3O4S. The minimum atomic E-state index is -3.03. The van der Waals surface area contributed by atoms with Crippen molar-refractivity contribution >= 4 is 21.8 Å². The zero-order valence-electron chi connectivity index (χ0n) is 10.5. The molecule has 0 amide bonds. The van der Waals surface area contributed by atoms with E-state index in [9.17, 15) is 13.2 Å². The second kappa shape index (κ2) is 5.12. The van der Waals surface area contributed by atoms with Crippen LogP contribution in [0.2, 0.25) is 0 Å². The number of carboxylic acid groups (broad SMARTS) is 1. The van der Waals surface area contributed by atoms with Crippen LogP contribution in [0.3, 0.4) is 0 Å². The van der Waals surface area contributed by atoms with Crippen molar-refractivity contribution in [2.45, 2.75) is 25.0 Å². The number of nitrogens with zero attached hydrogens (tertiary/aromatic N) is 2. The molecular weight excluding hydrogens is 270 g/mol. The van der Waals surface area contributed by atoms with Crippen LogP contribution in [-0.2, 0) is 9.84 Å². The molecule has 1 aliphatic heterocycles. The molecule has 0 saturated carbocycles. The van der Waals surface area contributed by atoms with Crippen LogP contribution in [0.15, 0.2) is 6.07 Å². The Kier molecular flexibility index (Phi) is 3.70. The predicted octanol–water partition coefficient (Wildman–Crippen LogP) is 0.472. The molecule has 1 fully saturated rings. The molecule has 104 valence electrons. The third-order valence-electron chi connectivity index (χ3n) is 3.02. The highest BCUT2D eigenvalue weighted by molar-refractivity contribution is 7.92. The summed E-state index contributed by atoms with van der Waals surface area (Å²) in [5.41, 5.74) is 0.411. The molecule has 1 aliphatic rings. The van der Waals surface area contributed by atoms with Gasteiger partial charge in [0.1, 0.15) is 0 Å². The summed E-state index contributed by atoms with van der Waals surface area (Å²) in [7, 11) is -3.03. The van der Waals surface area contributed by atoms with Gasteiger partial charge in [-0.3, -0.25) is 0 Å². The number of aromatic nitrogens is 2. The van der Waals surface area contributed by atoms with Crippen LogP contribution >= 0.6 is 0 Å². The van der Waals surface area contributed by atoms with Gasteiger partial charge < -0.3 is 10.4 Å². The first-order chi connectivity index (χ1) is 8.88. The number of rotatable bonds is 4. The molecule has 1 aromatic rings. The van der Waals surface area contributed by atoms with Gasteiger partial charge in [-0.25, -0.2) is 23.2 Å². The SMILES string of the molecule is Cc1cc(C(=O)O)nc(NCC2CCCS2(=O)=O)n1. The van der Waals surface area contributed by atoms with Crippen LogP contribution in [-0.4, -0.2) is 47.0 Å². The van der Waals surface area contributed by atoms with E-state index in [1.165, 1.54) is 6.07 Å². The standard InChI is InChI=1S/C11H15N3O4S/c1-7-5-9(10(15)16)14-11(13-7)12-6-8-3-2-4-19(8,17)18/h5,8H,2-4,6H2,1H3,(H,15,16)(H,12,13,14). The Morgan fingerprint density at radius 3 is 2.84 bits per heavy atom. The van der Waals surface area contributed by atoms with Crippen LogP contribution < -0.4 is 5.32 Å². The first-order valence-corrected chi connectivity index (χ1v) is 7.64. The zero-order chi connectivity index (χ0) is 14.0. The van der Waals surface area contributed by atoms with Crippen molar-refractivity contribution < 1.29 is 18.3 Å². The molecule has 7 nitrogen and oxygen atoms in total. The monoisotopic (exact) mass is 285 g/mol. The molecule has 0 aliphatic carbocycles. The van der Waals surface area contributed by atoms with Gasteiger partial charge in [0.25, 0.3) is 0 Å². The van der Waals surface area contributed by atoms with E-state index in [1.807, 2.05) is 0 Å². The molecule has 0 bridgehead atoms. The molecule has 2 heterocycles. The number of aryl methyl sites for hydroxylation is 1. The van der Waals surface area contributed by atoms with E-state index in [0.29, 0.717) is 18.5 Å². The lowest BCUT2D eigenvalue weighted by atomic mass is 10.2. The lowest BCUT2D eigenvalue weighted by Crippen LogP contribution is -2.26. The molecule has 0 aromatic carbocycles. The van der Waals surface area contributed by atoms with Crippen LogP contribution in [0.1, 0.15) is 29.0 Å². The van der Waals surface area contributed by atoms with Crippen molar-refractivity contribution in [3.63, 3.8) is 0 Å².